The van der Waals surface area contributed by atoms with Crippen molar-refractivity contribution in [2.45, 2.75) is 52.3 Å². The number of amides is 1. The fraction of sp³-hybridized carbons (Fsp3) is 0.476. The van der Waals surface area contributed by atoms with Crippen LogP contribution >= 0.6 is 0 Å². The number of hydrogen-bond acceptors (Lipinski definition) is 4. The van der Waals surface area contributed by atoms with Crippen LogP contribution in [0.5, 0.6) is 0 Å². The zero-order valence-corrected chi connectivity index (χ0v) is 17.7. The van der Waals surface area contributed by atoms with E-state index in [0.717, 1.165) is 12.1 Å². The predicted octanol–water partition coefficient (Wildman–Crippen LogP) is 4.39. The highest BCUT2D eigenvalue weighted by Gasteiger charge is 2.31. The van der Waals surface area contributed by atoms with Crippen LogP contribution < -0.4 is 0 Å². The first-order valence-electron chi connectivity index (χ1n) is 9.49. The third-order valence-electron chi connectivity index (χ3n) is 4.30. The summed E-state index contributed by atoms with van der Waals surface area (Å²) in [6.07, 6.45) is -2.53. The Balaban J connectivity index is 2.06. The first kappa shape index (κ1) is 23.4. The van der Waals surface area contributed by atoms with Crippen molar-refractivity contribution < 1.29 is 27.5 Å². The van der Waals surface area contributed by atoms with Crippen LogP contribution in [-0.2, 0) is 15.7 Å². The van der Waals surface area contributed by atoms with E-state index in [9.17, 15) is 22.8 Å². The molecule has 0 radical (unpaired) electrons. The van der Waals surface area contributed by atoms with E-state index in [0.29, 0.717) is 18.7 Å². The minimum Gasteiger partial charge on any atom is -0.460 e. The second kappa shape index (κ2) is 8.89. The molecule has 0 aliphatic carbocycles. The lowest BCUT2D eigenvalue weighted by atomic mass is 10.1. The molecular formula is C21H26F3N3O3. The first-order chi connectivity index (χ1) is 13.8. The van der Waals surface area contributed by atoms with Gasteiger partial charge in [-0.2, -0.15) is 18.3 Å². The van der Waals surface area contributed by atoms with Crippen LogP contribution in [-0.4, -0.2) is 45.8 Å². The van der Waals surface area contributed by atoms with E-state index in [1.807, 2.05) is 0 Å². The molecule has 0 aliphatic heterocycles. The minimum absolute atomic E-state index is 0.178. The number of ether oxygens (including phenoxy) is 1. The van der Waals surface area contributed by atoms with E-state index >= 15 is 0 Å². The van der Waals surface area contributed by atoms with Gasteiger partial charge >= 0.3 is 12.1 Å². The molecule has 1 heterocycles. The first-order valence-corrected chi connectivity index (χ1v) is 9.49. The fourth-order valence-electron chi connectivity index (χ4n) is 2.85. The summed E-state index contributed by atoms with van der Waals surface area (Å²) in [6.45, 7) is 7.30. The van der Waals surface area contributed by atoms with Gasteiger partial charge in [-0.1, -0.05) is 6.07 Å². The van der Waals surface area contributed by atoms with Gasteiger partial charge < -0.3 is 9.64 Å². The van der Waals surface area contributed by atoms with Gasteiger partial charge in [-0.15, -0.1) is 0 Å². The minimum atomic E-state index is -4.47. The largest absolute Gasteiger partial charge is 0.460 e. The van der Waals surface area contributed by atoms with Crippen molar-refractivity contribution in [3.8, 4) is 5.69 Å². The number of carbonyl (C=O) groups excluding carboxylic acids is 2. The van der Waals surface area contributed by atoms with Crippen molar-refractivity contribution in [2.75, 3.05) is 13.6 Å². The number of carbonyl (C=O) groups is 2. The lowest BCUT2D eigenvalue weighted by Crippen LogP contribution is -2.29. The molecule has 0 spiro atoms. The lowest BCUT2D eigenvalue weighted by Gasteiger charge is -2.20. The second-order valence-electron chi connectivity index (χ2n) is 8.02. The van der Waals surface area contributed by atoms with E-state index < -0.39 is 17.3 Å². The predicted molar refractivity (Wildman–Crippen MR) is 105 cm³/mol. The summed E-state index contributed by atoms with van der Waals surface area (Å²) in [5.74, 6) is -0.660. The summed E-state index contributed by atoms with van der Waals surface area (Å²) in [5.41, 5.74) is -0.421. The van der Waals surface area contributed by atoms with E-state index in [2.05, 4.69) is 5.10 Å². The molecule has 2 rings (SSSR count). The molecule has 0 atom stereocenters. The molecule has 0 fully saturated rings. The standard InChI is InChI=1S/C21H26F3N3O3/c1-14-17(19(29)26(5)11-7-10-18(28)30-20(2,3)4)13-25-27(14)16-9-6-8-15(12-16)21(22,23)24/h6,8-9,12-13H,7,10-11H2,1-5H3. The Bertz CT molecular complexity index is 914. The topological polar surface area (TPSA) is 64.4 Å². The highest BCUT2D eigenvalue weighted by Crippen LogP contribution is 2.30. The molecule has 0 N–H and O–H groups in total. The van der Waals surface area contributed by atoms with Gasteiger partial charge in [0, 0.05) is 20.0 Å². The quantitative estimate of drug-likeness (QED) is 0.644. The molecule has 1 aromatic carbocycles. The number of halogens is 3. The number of esters is 1. The van der Waals surface area contributed by atoms with E-state index in [1.165, 1.54) is 27.9 Å². The van der Waals surface area contributed by atoms with Gasteiger partial charge in [0.15, 0.2) is 0 Å². The Hall–Kier alpha value is -2.84. The van der Waals surface area contributed by atoms with Gasteiger partial charge in [0.25, 0.3) is 5.91 Å². The van der Waals surface area contributed by atoms with Gasteiger partial charge in [-0.25, -0.2) is 4.68 Å². The molecule has 164 valence electrons. The Morgan fingerprint density at radius 3 is 2.47 bits per heavy atom. The van der Waals surface area contributed by atoms with Crippen molar-refractivity contribution in [2.24, 2.45) is 0 Å². The number of rotatable bonds is 6. The SMILES string of the molecule is Cc1c(C(=O)N(C)CCCC(=O)OC(C)(C)C)cnn1-c1cccc(C(F)(F)F)c1. The molecule has 30 heavy (non-hydrogen) atoms. The monoisotopic (exact) mass is 425 g/mol. The van der Waals surface area contributed by atoms with Crippen LogP contribution in [0.1, 0.15) is 55.2 Å². The molecule has 0 aliphatic rings. The van der Waals surface area contributed by atoms with Crippen molar-refractivity contribution >= 4 is 11.9 Å². The number of aromatic nitrogens is 2. The van der Waals surface area contributed by atoms with Crippen molar-refractivity contribution in [3.05, 3.63) is 47.3 Å². The number of benzene rings is 1. The van der Waals surface area contributed by atoms with Crippen molar-refractivity contribution in [3.63, 3.8) is 0 Å². The highest BCUT2D eigenvalue weighted by molar-refractivity contribution is 5.95. The van der Waals surface area contributed by atoms with Gasteiger partial charge in [-0.3, -0.25) is 9.59 Å². The van der Waals surface area contributed by atoms with Gasteiger partial charge in [-0.05, 0) is 52.3 Å². The Kier molecular flexibility index (Phi) is 6.95. The summed E-state index contributed by atoms with van der Waals surface area (Å²) in [7, 11) is 1.60. The Morgan fingerprint density at radius 1 is 1.20 bits per heavy atom. The number of nitrogens with zero attached hydrogens (tertiary/aromatic N) is 3. The summed E-state index contributed by atoms with van der Waals surface area (Å²) < 4.78 is 45.4. The molecule has 1 amide bonds. The molecule has 6 nitrogen and oxygen atoms in total. The molecule has 9 heteroatoms. The third kappa shape index (κ3) is 6.08. The van der Waals surface area contributed by atoms with E-state index in [-0.39, 0.29) is 29.5 Å². The smallest absolute Gasteiger partial charge is 0.416 e. The summed E-state index contributed by atoms with van der Waals surface area (Å²) >= 11 is 0. The van der Waals surface area contributed by atoms with Crippen molar-refractivity contribution in [1.29, 1.82) is 0 Å². The summed E-state index contributed by atoms with van der Waals surface area (Å²) in [4.78, 5) is 25.9. The zero-order chi connectivity index (χ0) is 22.7. The molecule has 2 aromatic rings. The van der Waals surface area contributed by atoms with Crippen LogP contribution in [0.25, 0.3) is 5.69 Å². The average molecular weight is 425 g/mol. The number of alkyl halides is 3. The third-order valence-corrected chi connectivity index (χ3v) is 4.30. The lowest BCUT2D eigenvalue weighted by molar-refractivity contribution is -0.155. The molecule has 0 saturated carbocycles. The highest BCUT2D eigenvalue weighted by atomic mass is 19.4. The average Bonchev–Trinajstić information content (AvgIpc) is 3.00. The second-order valence-corrected chi connectivity index (χ2v) is 8.02. The van der Waals surface area contributed by atoms with Gasteiger partial charge in [0.1, 0.15) is 5.60 Å². The summed E-state index contributed by atoms with van der Waals surface area (Å²) in [5, 5.41) is 4.09. The molecule has 0 saturated heterocycles. The van der Waals surface area contributed by atoms with E-state index in [1.54, 1.807) is 34.7 Å². The van der Waals surface area contributed by atoms with Gasteiger partial charge in [0.05, 0.1) is 28.7 Å². The Morgan fingerprint density at radius 2 is 1.87 bits per heavy atom. The van der Waals surface area contributed by atoms with Crippen LogP contribution in [0.2, 0.25) is 0 Å². The molecule has 0 unspecified atom stereocenters. The fourth-order valence-corrected chi connectivity index (χ4v) is 2.85. The maximum absolute atomic E-state index is 13.0. The maximum Gasteiger partial charge on any atom is 0.416 e. The van der Waals surface area contributed by atoms with Gasteiger partial charge in [0.2, 0.25) is 0 Å². The van der Waals surface area contributed by atoms with Crippen LogP contribution in [0.3, 0.4) is 0 Å². The van der Waals surface area contributed by atoms with E-state index in [4.69, 9.17) is 4.74 Å². The van der Waals surface area contributed by atoms with Crippen molar-refractivity contribution in [1.82, 2.24) is 14.7 Å². The zero-order valence-electron chi connectivity index (χ0n) is 17.7. The molecular weight excluding hydrogens is 399 g/mol. The van der Waals surface area contributed by atoms with Crippen LogP contribution in [0, 0.1) is 6.92 Å². The maximum atomic E-state index is 13.0. The number of hydrogen-bond donors (Lipinski definition) is 0. The summed E-state index contributed by atoms with van der Waals surface area (Å²) in [6, 6.07) is 4.75. The van der Waals surface area contributed by atoms with Crippen LogP contribution in [0.15, 0.2) is 30.5 Å². The molecule has 1 aromatic heterocycles. The van der Waals surface area contributed by atoms with Crippen LogP contribution in [0.4, 0.5) is 13.2 Å². The molecule has 0 bridgehead atoms. The normalized spacial score (nSPS) is 12.0. The Labute approximate surface area is 173 Å².